The third-order valence-corrected chi connectivity index (χ3v) is 1.57. The molecule has 1 rings (SSSR count). The Kier molecular flexibility index (Phi) is 1.24. The van der Waals surface area contributed by atoms with E-state index in [-0.39, 0.29) is 12.2 Å². The van der Waals surface area contributed by atoms with Crippen LogP contribution in [0.25, 0.3) is 0 Å². The largest absolute Gasteiger partial charge is 0.533 e. The van der Waals surface area contributed by atoms with E-state index in [1.165, 1.54) is 0 Å². The lowest BCUT2D eigenvalue weighted by molar-refractivity contribution is -0.742. The minimum atomic E-state index is 0.0293. The summed E-state index contributed by atoms with van der Waals surface area (Å²) in [7, 11) is 0. The van der Waals surface area contributed by atoms with Crippen LogP contribution in [0.15, 0.2) is 0 Å². The summed E-state index contributed by atoms with van der Waals surface area (Å²) in [6.45, 7) is 1.84. The Balaban J connectivity index is 2.24. The summed E-state index contributed by atoms with van der Waals surface area (Å²) >= 11 is 5.33. The Morgan fingerprint density at radius 2 is 2.29 bits per heavy atom. The molecule has 2 atom stereocenters. The molecule has 7 heavy (non-hydrogen) atoms. The fourth-order valence-electron chi connectivity index (χ4n) is 0.535. The normalized spacial score (nSPS) is 41.6. The van der Waals surface area contributed by atoms with Crippen molar-refractivity contribution in [1.29, 1.82) is 0 Å². The molecule has 0 aliphatic carbocycles. The Morgan fingerprint density at radius 3 is 2.29 bits per heavy atom. The van der Waals surface area contributed by atoms with Gasteiger partial charge in [-0.25, -0.2) is 0 Å². The van der Waals surface area contributed by atoms with Crippen molar-refractivity contribution in [1.82, 2.24) is 0 Å². The monoisotopic (exact) mass is 122 g/mol. The van der Waals surface area contributed by atoms with Gasteiger partial charge < -0.3 is 9.78 Å². The van der Waals surface area contributed by atoms with Crippen LogP contribution in [-0.2, 0) is 4.52 Å². The molecule has 0 N–H and O–H groups in total. The summed E-state index contributed by atoms with van der Waals surface area (Å²) in [6.07, 6.45) is 0.124. The molecule has 0 amide bonds. The molecule has 1 heterocycles. The predicted octanol–water partition coefficient (Wildman–Crippen LogP) is -0.177. The van der Waals surface area contributed by atoms with Gasteiger partial charge in [0.2, 0.25) is 12.2 Å². The Hall–Kier alpha value is 0.210. The molecule has 0 bridgehead atoms. The van der Waals surface area contributed by atoms with Crippen molar-refractivity contribution in [3.05, 3.63) is 0 Å². The number of hydrogen-bond acceptors (Lipinski definition) is 1. The van der Waals surface area contributed by atoms with Crippen molar-refractivity contribution in [3.8, 4) is 0 Å². The third kappa shape index (κ3) is 0.738. The number of alkyl halides is 1. The molecule has 2 nitrogen and oxygen atoms in total. The van der Waals surface area contributed by atoms with Crippen LogP contribution in [0, 0.1) is 0 Å². The summed E-state index contributed by atoms with van der Waals surface area (Å²) in [5, 5.41) is 10.2. The second-order valence-electron chi connectivity index (χ2n) is 1.73. The average Bonchev–Trinajstić information content (AvgIpc) is 2.17. The van der Waals surface area contributed by atoms with Gasteiger partial charge in [0.1, 0.15) is 5.88 Å². The number of hydrogen-bond donors (Lipinski definition) is 0. The maximum absolute atomic E-state index is 10.2. The highest BCUT2D eigenvalue weighted by Gasteiger charge is 2.48. The summed E-state index contributed by atoms with van der Waals surface area (Å²) in [5.74, 6) is 0.440. The van der Waals surface area contributed by atoms with Crippen molar-refractivity contribution < 1.29 is 9.78 Å². The Morgan fingerprint density at radius 1 is 1.86 bits per heavy atom. The smallest absolute Gasteiger partial charge is 0.248 e. The quantitative estimate of drug-likeness (QED) is 0.205. The van der Waals surface area contributed by atoms with E-state index in [1.54, 1.807) is 4.52 Å². The fourth-order valence-corrected chi connectivity index (χ4v) is 0.910. The van der Waals surface area contributed by atoms with Crippen LogP contribution >= 0.6 is 11.6 Å². The van der Waals surface area contributed by atoms with Crippen molar-refractivity contribution in [2.45, 2.75) is 19.1 Å². The molecule has 0 radical (unpaired) electrons. The highest BCUT2D eigenvalue weighted by Crippen LogP contribution is 2.28. The summed E-state index contributed by atoms with van der Waals surface area (Å²) in [4.78, 5) is 0. The zero-order chi connectivity index (χ0) is 5.44. The molecule has 42 valence electrons. The van der Waals surface area contributed by atoms with E-state index in [0.29, 0.717) is 5.88 Å². The molecule has 0 aromatic heterocycles. The van der Waals surface area contributed by atoms with E-state index in [9.17, 15) is 5.26 Å². The molecule has 3 heteroatoms. The van der Waals surface area contributed by atoms with E-state index in [2.05, 4.69) is 0 Å². The molecular formula is C4H7ClO2. The first-order chi connectivity index (χ1) is 3.27. The summed E-state index contributed by atoms with van der Waals surface area (Å²) in [5.41, 5.74) is 0. The Labute approximate surface area is 47.3 Å². The van der Waals surface area contributed by atoms with Gasteiger partial charge in [0.05, 0.1) is 0 Å². The van der Waals surface area contributed by atoms with Gasteiger partial charge in [0, 0.05) is 6.92 Å². The number of rotatable bonds is 1. The van der Waals surface area contributed by atoms with Gasteiger partial charge in [-0.2, -0.15) is 0 Å². The van der Waals surface area contributed by atoms with Crippen LogP contribution in [-0.4, -0.2) is 18.1 Å². The van der Waals surface area contributed by atoms with Gasteiger partial charge in [-0.1, -0.05) is 0 Å². The maximum atomic E-state index is 10.2. The lowest BCUT2D eigenvalue weighted by atomic mass is 10.4. The molecule has 0 aromatic rings. The van der Waals surface area contributed by atoms with Gasteiger partial charge in [-0.15, -0.1) is 11.6 Å². The highest BCUT2D eigenvalue weighted by molar-refractivity contribution is 6.18. The zero-order valence-electron chi connectivity index (χ0n) is 4.06. The van der Waals surface area contributed by atoms with E-state index in [4.69, 9.17) is 11.6 Å². The molecule has 1 saturated heterocycles. The molecule has 0 aromatic carbocycles. The Bertz CT molecular complexity index is 68.1. The predicted molar refractivity (Wildman–Crippen MR) is 25.1 cm³/mol. The van der Waals surface area contributed by atoms with Crippen LogP contribution < -0.4 is 5.26 Å². The van der Waals surface area contributed by atoms with Crippen molar-refractivity contribution in [2.75, 3.05) is 5.88 Å². The van der Waals surface area contributed by atoms with Crippen LogP contribution in [0.3, 0.4) is 0 Å². The van der Waals surface area contributed by atoms with Crippen LogP contribution in [0.5, 0.6) is 0 Å². The lowest BCUT2D eigenvalue weighted by Gasteiger charge is -1.92. The van der Waals surface area contributed by atoms with E-state index in [1.807, 2.05) is 6.92 Å². The number of epoxide rings is 1. The second-order valence-corrected chi connectivity index (χ2v) is 2.04. The highest BCUT2D eigenvalue weighted by atomic mass is 35.5. The van der Waals surface area contributed by atoms with Gasteiger partial charge >= 0.3 is 0 Å². The first-order valence-corrected chi connectivity index (χ1v) is 2.76. The van der Waals surface area contributed by atoms with Crippen molar-refractivity contribution in [2.24, 2.45) is 0 Å². The molecule has 1 aliphatic heterocycles. The van der Waals surface area contributed by atoms with Gasteiger partial charge in [0.25, 0.3) is 0 Å². The van der Waals surface area contributed by atoms with E-state index >= 15 is 0 Å². The van der Waals surface area contributed by atoms with Crippen LogP contribution in [0.4, 0.5) is 0 Å². The van der Waals surface area contributed by atoms with E-state index < -0.39 is 0 Å². The third-order valence-electron chi connectivity index (χ3n) is 1.26. The maximum Gasteiger partial charge on any atom is 0.248 e. The van der Waals surface area contributed by atoms with E-state index in [0.717, 1.165) is 0 Å². The standard InChI is InChI=1S/C4H7ClO2/c1-3-4(2-5)7(3)6/h3-4H,2H2,1H3. The number of halogens is 1. The summed E-state index contributed by atoms with van der Waals surface area (Å²) in [6, 6.07) is 0. The summed E-state index contributed by atoms with van der Waals surface area (Å²) < 4.78 is 1.69. The molecule has 0 spiro atoms. The molecule has 2 unspecified atom stereocenters. The van der Waals surface area contributed by atoms with Crippen LogP contribution in [0.2, 0.25) is 0 Å². The molecule has 1 aliphatic rings. The topological polar surface area (TPSA) is 25.8 Å². The second kappa shape index (κ2) is 1.62. The molecular weight excluding hydrogens is 115 g/mol. The van der Waals surface area contributed by atoms with Crippen molar-refractivity contribution >= 4 is 11.6 Å². The minimum Gasteiger partial charge on any atom is -0.533 e. The first-order valence-electron chi connectivity index (χ1n) is 2.22. The van der Waals surface area contributed by atoms with Crippen molar-refractivity contribution in [3.63, 3.8) is 0 Å². The SMILES string of the molecule is CC1C(CCl)[O+]1[O-]. The average molecular weight is 123 g/mol. The fraction of sp³-hybridized carbons (Fsp3) is 1.00. The minimum absolute atomic E-state index is 0.0293. The van der Waals surface area contributed by atoms with Gasteiger partial charge in [-0.05, 0) is 0 Å². The van der Waals surface area contributed by atoms with Crippen LogP contribution in [0.1, 0.15) is 6.92 Å². The first kappa shape index (κ1) is 5.35. The zero-order valence-corrected chi connectivity index (χ0v) is 4.81. The van der Waals surface area contributed by atoms with Gasteiger partial charge in [-0.3, -0.25) is 0 Å². The molecule has 0 saturated carbocycles. The lowest BCUT2D eigenvalue weighted by Crippen LogP contribution is -2.07. The van der Waals surface area contributed by atoms with Gasteiger partial charge in [0.15, 0.2) is 0 Å². The molecule has 1 fully saturated rings.